The Hall–Kier alpha value is -2.77. The molecule has 1 aromatic rings. The van der Waals surface area contributed by atoms with E-state index < -0.39 is 0 Å². The van der Waals surface area contributed by atoms with Crippen LogP contribution in [0.5, 0.6) is 5.75 Å². The third-order valence-electron chi connectivity index (χ3n) is 5.32. The van der Waals surface area contributed by atoms with Crippen LogP contribution >= 0.6 is 0 Å². The zero-order valence-electron chi connectivity index (χ0n) is 18.3. The van der Waals surface area contributed by atoms with Gasteiger partial charge in [-0.25, -0.2) is 4.79 Å². The fourth-order valence-corrected chi connectivity index (χ4v) is 3.34. The Labute approximate surface area is 178 Å². The van der Waals surface area contributed by atoms with Crippen molar-refractivity contribution in [2.75, 3.05) is 39.8 Å². The average molecular weight is 419 g/mol. The van der Waals surface area contributed by atoms with E-state index in [4.69, 9.17) is 4.74 Å². The number of hydrogen-bond donors (Lipinski definition) is 2. The van der Waals surface area contributed by atoms with Crippen molar-refractivity contribution in [3.8, 4) is 5.75 Å². The number of nitrogens with one attached hydrogen (secondary N) is 2. The second-order valence-corrected chi connectivity index (χ2v) is 7.57. The van der Waals surface area contributed by atoms with Gasteiger partial charge in [-0.15, -0.1) is 0 Å². The molecule has 1 unspecified atom stereocenters. The summed E-state index contributed by atoms with van der Waals surface area (Å²) < 4.78 is 5.33. The molecule has 1 aromatic carbocycles. The Morgan fingerprint density at radius 2 is 1.80 bits per heavy atom. The summed E-state index contributed by atoms with van der Waals surface area (Å²) in [5, 5.41) is 5.69. The summed E-state index contributed by atoms with van der Waals surface area (Å²) in [5.41, 5.74) is 0.861. The highest BCUT2D eigenvalue weighted by atomic mass is 16.5. The van der Waals surface area contributed by atoms with Crippen LogP contribution in [0.4, 0.5) is 4.79 Å². The van der Waals surface area contributed by atoms with Gasteiger partial charge in [-0.1, -0.05) is 25.1 Å². The van der Waals surface area contributed by atoms with E-state index in [0.29, 0.717) is 38.5 Å². The van der Waals surface area contributed by atoms with Gasteiger partial charge in [0.05, 0.1) is 13.5 Å². The van der Waals surface area contributed by atoms with E-state index in [1.165, 1.54) is 0 Å². The number of benzene rings is 1. The van der Waals surface area contributed by atoms with Crippen molar-refractivity contribution < 1.29 is 19.1 Å². The third kappa shape index (κ3) is 7.24. The van der Waals surface area contributed by atoms with Crippen LogP contribution < -0.4 is 15.4 Å². The second-order valence-electron chi connectivity index (χ2n) is 7.57. The molecule has 0 bridgehead atoms. The molecule has 1 atom stereocenters. The first kappa shape index (κ1) is 23.5. The highest BCUT2D eigenvalue weighted by Crippen LogP contribution is 2.19. The van der Waals surface area contributed by atoms with Crippen molar-refractivity contribution in [2.45, 2.75) is 45.6 Å². The molecule has 166 valence electrons. The first-order valence-corrected chi connectivity index (χ1v) is 10.7. The third-order valence-corrected chi connectivity index (χ3v) is 5.32. The highest BCUT2D eigenvalue weighted by molar-refractivity contribution is 5.80. The van der Waals surface area contributed by atoms with Gasteiger partial charge in [0.1, 0.15) is 5.75 Å². The Morgan fingerprint density at radius 1 is 1.10 bits per heavy atom. The number of rotatable bonds is 8. The number of hydrogen-bond acceptors (Lipinski definition) is 4. The van der Waals surface area contributed by atoms with E-state index in [2.05, 4.69) is 10.6 Å². The van der Waals surface area contributed by atoms with Crippen LogP contribution in [0.1, 0.15) is 38.7 Å². The number of methoxy groups -OCH3 is 1. The van der Waals surface area contributed by atoms with Crippen LogP contribution in [0, 0.1) is 0 Å². The summed E-state index contributed by atoms with van der Waals surface area (Å²) in [7, 11) is 1.60. The van der Waals surface area contributed by atoms with Crippen LogP contribution in [0.2, 0.25) is 0 Å². The number of nitrogens with zero attached hydrogens (tertiary/aromatic N) is 2. The monoisotopic (exact) mass is 418 g/mol. The average Bonchev–Trinajstić information content (AvgIpc) is 3.00. The molecule has 0 aromatic heterocycles. The van der Waals surface area contributed by atoms with Crippen LogP contribution in [0.25, 0.3) is 0 Å². The summed E-state index contributed by atoms with van der Waals surface area (Å²) in [4.78, 5) is 40.5. The molecule has 4 amide bonds. The predicted molar refractivity (Wildman–Crippen MR) is 115 cm³/mol. The first-order chi connectivity index (χ1) is 14.4. The van der Waals surface area contributed by atoms with Crippen LogP contribution in [0.3, 0.4) is 0 Å². The lowest BCUT2D eigenvalue weighted by Gasteiger charge is -2.23. The molecular formula is C22H34N4O4. The number of amides is 4. The zero-order valence-corrected chi connectivity index (χ0v) is 18.3. The lowest BCUT2D eigenvalue weighted by molar-refractivity contribution is -0.130. The second kappa shape index (κ2) is 12.0. The summed E-state index contributed by atoms with van der Waals surface area (Å²) >= 11 is 0. The summed E-state index contributed by atoms with van der Waals surface area (Å²) in [6.07, 6.45) is 2.13. The van der Waals surface area contributed by atoms with Crippen LogP contribution in [-0.4, -0.2) is 73.5 Å². The quantitative estimate of drug-likeness (QED) is 0.673. The van der Waals surface area contributed by atoms with Gasteiger partial charge in [-0.2, -0.15) is 0 Å². The molecule has 2 N–H and O–H groups in total. The van der Waals surface area contributed by atoms with Gasteiger partial charge in [-0.3, -0.25) is 9.59 Å². The summed E-state index contributed by atoms with van der Waals surface area (Å²) in [5.74, 6) is 0.677. The molecule has 0 spiro atoms. The van der Waals surface area contributed by atoms with Gasteiger partial charge in [0.2, 0.25) is 11.8 Å². The maximum Gasteiger partial charge on any atom is 0.317 e. The maximum atomic E-state index is 12.7. The van der Waals surface area contributed by atoms with Crippen LogP contribution in [-0.2, 0) is 16.0 Å². The fraction of sp³-hybridized carbons (Fsp3) is 0.591. The smallest absolute Gasteiger partial charge is 0.317 e. The Kier molecular flexibility index (Phi) is 9.44. The minimum Gasteiger partial charge on any atom is -0.496 e. The number of ether oxygens (including phenoxy) is 1. The Balaban J connectivity index is 1.77. The molecule has 1 aliphatic rings. The zero-order chi connectivity index (χ0) is 21.9. The molecule has 1 aliphatic heterocycles. The van der Waals surface area contributed by atoms with Crippen molar-refractivity contribution in [2.24, 2.45) is 0 Å². The van der Waals surface area contributed by atoms with E-state index in [0.717, 1.165) is 18.4 Å². The lowest BCUT2D eigenvalue weighted by Crippen LogP contribution is -2.44. The molecule has 8 nitrogen and oxygen atoms in total. The number of para-hydroxylation sites is 1. The van der Waals surface area contributed by atoms with Gasteiger partial charge in [0.15, 0.2) is 0 Å². The summed E-state index contributed by atoms with van der Waals surface area (Å²) in [6, 6.07) is 7.46. The minimum atomic E-state index is -0.189. The molecule has 2 rings (SSSR count). The van der Waals surface area contributed by atoms with Gasteiger partial charge >= 0.3 is 6.03 Å². The molecule has 30 heavy (non-hydrogen) atoms. The van der Waals surface area contributed by atoms with Crippen molar-refractivity contribution in [1.29, 1.82) is 0 Å². The largest absolute Gasteiger partial charge is 0.496 e. The van der Waals surface area contributed by atoms with Crippen LogP contribution in [0.15, 0.2) is 24.3 Å². The molecule has 0 aliphatic carbocycles. The molecule has 0 saturated carbocycles. The SMILES string of the molecule is CCC(C)NC(=O)CCNC(=O)N1CCCN(C(=O)Cc2ccccc2OC)CC1. The van der Waals surface area contributed by atoms with Crippen molar-refractivity contribution in [3.05, 3.63) is 29.8 Å². The minimum absolute atomic E-state index is 0.0310. The van der Waals surface area contributed by atoms with Gasteiger partial charge < -0.3 is 25.2 Å². The molecule has 1 saturated heterocycles. The fourth-order valence-electron chi connectivity index (χ4n) is 3.34. The molecule has 1 fully saturated rings. The lowest BCUT2D eigenvalue weighted by atomic mass is 10.1. The first-order valence-electron chi connectivity index (χ1n) is 10.7. The van der Waals surface area contributed by atoms with Crippen molar-refractivity contribution >= 4 is 17.8 Å². The van der Waals surface area contributed by atoms with E-state index >= 15 is 0 Å². The maximum absolute atomic E-state index is 12.7. The van der Waals surface area contributed by atoms with Crippen molar-refractivity contribution in [1.82, 2.24) is 20.4 Å². The van der Waals surface area contributed by atoms with E-state index in [1.807, 2.05) is 38.1 Å². The van der Waals surface area contributed by atoms with Gasteiger partial charge in [-0.05, 0) is 25.8 Å². The molecule has 1 heterocycles. The number of carbonyl (C=O) groups excluding carboxylic acids is 3. The van der Waals surface area contributed by atoms with Gasteiger partial charge in [0.25, 0.3) is 0 Å². The number of carbonyl (C=O) groups is 3. The molecule has 0 radical (unpaired) electrons. The standard InChI is InChI=1S/C22H34N4O4/c1-4-17(2)24-20(27)10-11-23-22(29)26-13-7-12-25(14-15-26)21(28)16-18-8-5-6-9-19(18)30-3/h5-6,8-9,17H,4,7,10-16H2,1-3H3,(H,23,29)(H,24,27). The predicted octanol–water partition coefficient (Wildman–Crippen LogP) is 1.79. The molecular weight excluding hydrogens is 384 g/mol. The number of urea groups is 1. The van der Waals surface area contributed by atoms with E-state index in [1.54, 1.807) is 16.9 Å². The van der Waals surface area contributed by atoms with E-state index in [9.17, 15) is 14.4 Å². The molecule has 8 heteroatoms. The van der Waals surface area contributed by atoms with Gasteiger partial charge in [0, 0.05) is 50.7 Å². The summed E-state index contributed by atoms with van der Waals surface area (Å²) in [6.45, 7) is 6.44. The Morgan fingerprint density at radius 3 is 2.53 bits per heavy atom. The highest BCUT2D eigenvalue weighted by Gasteiger charge is 2.22. The normalized spacial score (nSPS) is 15.2. The Bertz CT molecular complexity index is 725. The van der Waals surface area contributed by atoms with E-state index in [-0.39, 0.29) is 36.7 Å². The van der Waals surface area contributed by atoms with Crippen molar-refractivity contribution in [3.63, 3.8) is 0 Å². The topological polar surface area (TPSA) is 91.0 Å².